The van der Waals surface area contributed by atoms with Gasteiger partial charge in [0.2, 0.25) is 0 Å². The van der Waals surface area contributed by atoms with Crippen molar-refractivity contribution in [1.82, 2.24) is 19.8 Å². The van der Waals surface area contributed by atoms with Crippen molar-refractivity contribution in [3.05, 3.63) is 101 Å². The number of hydrogen-bond donors (Lipinski definition) is 1. The summed E-state index contributed by atoms with van der Waals surface area (Å²) in [6.07, 6.45) is 2.89. The molecule has 0 aliphatic carbocycles. The molecule has 2 aliphatic heterocycles. The lowest BCUT2D eigenvalue weighted by Crippen LogP contribution is -2.43. The Morgan fingerprint density at radius 3 is 2.13 bits per heavy atom. The molecule has 4 aromatic rings. The quantitative estimate of drug-likeness (QED) is 0.340. The highest BCUT2D eigenvalue weighted by Gasteiger charge is 2.49. The summed E-state index contributed by atoms with van der Waals surface area (Å²) in [6.45, 7) is 5.20. The van der Waals surface area contributed by atoms with E-state index in [1.165, 1.54) is 24.3 Å². The molecule has 200 valence electrons. The Kier molecular flexibility index (Phi) is 6.73. The second-order valence-electron chi connectivity index (χ2n) is 10.4. The fraction of sp³-hybridized carbons (Fsp3) is 0.323. The Hall–Kier alpha value is -3.91. The average Bonchev–Trinajstić information content (AvgIpc) is 3.49. The normalized spacial score (nSPS) is 18.2. The minimum Gasteiger partial charge on any atom is -0.342 e. The molecule has 6 rings (SSSR count). The third kappa shape index (κ3) is 4.74. The molecule has 0 spiro atoms. The number of nitrogens with zero attached hydrogens (tertiary/aromatic N) is 4. The molecule has 0 unspecified atom stereocenters. The maximum atomic E-state index is 14.0. The number of likely N-dealkylation sites (tertiary alicyclic amines) is 1. The number of amidine groups is 1. The highest BCUT2D eigenvalue weighted by molar-refractivity contribution is 6.09. The van der Waals surface area contributed by atoms with Crippen LogP contribution in [0.4, 0.5) is 8.78 Å². The lowest BCUT2D eigenvalue weighted by atomic mass is 9.82. The van der Waals surface area contributed by atoms with E-state index in [-0.39, 0.29) is 17.5 Å². The van der Waals surface area contributed by atoms with E-state index in [0.717, 1.165) is 55.8 Å². The standard InChI is InChI=1S/C31H31F2N5O/c1-21-36-31(23-7-11-25(32)12-8-23,24-9-13-26(33)14-10-24)30(39)38(21)18-4-17-37-19-15-22(16-20-37)29-34-27-5-2-3-6-28(27)35-29/h2-3,5-14,22H,4,15-20H2,1H3,(H,34,35). The number of fused-ring (bicyclic) bond motifs is 1. The second kappa shape index (κ2) is 10.3. The van der Waals surface area contributed by atoms with Crippen molar-refractivity contribution >= 4 is 22.8 Å². The first-order valence-electron chi connectivity index (χ1n) is 13.5. The fourth-order valence-corrected chi connectivity index (χ4v) is 5.93. The Morgan fingerprint density at radius 1 is 0.897 bits per heavy atom. The number of para-hydroxylation sites is 2. The van der Waals surface area contributed by atoms with Crippen LogP contribution >= 0.6 is 0 Å². The van der Waals surface area contributed by atoms with Crippen molar-refractivity contribution in [3.8, 4) is 0 Å². The molecule has 39 heavy (non-hydrogen) atoms. The summed E-state index contributed by atoms with van der Waals surface area (Å²) < 4.78 is 27.5. The molecule has 2 aliphatic rings. The molecule has 8 heteroatoms. The van der Waals surface area contributed by atoms with Gasteiger partial charge in [-0.1, -0.05) is 36.4 Å². The number of aromatic nitrogens is 2. The van der Waals surface area contributed by atoms with E-state index in [4.69, 9.17) is 9.98 Å². The molecule has 0 atom stereocenters. The Bertz CT molecular complexity index is 1430. The van der Waals surface area contributed by atoms with Crippen molar-refractivity contribution in [2.75, 3.05) is 26.2 Å². The van der Waals surface area contributed by atoms with Gasteiger partial charge in [-0.2, -0.15) is 0 Å². The van der Waals surface area contributed by atoms with E-state index < -0.39 is 5.54 Å². The van der Waals surface area contributed by atoms with Crippen LogP contribution in [0.3, 0.4) is 0 Å². The summed E-state index contributed by atoms with van der Waals surface area (Å²) in [5.74, 6) is 1.14. The van der Waals surface area contributed by atoms with Gasteiger partial charge in [0, 0.05) is 12.5 Å². The minimum absolute atomic E-state index is 0.193. The van der Waals surface area contributed by atoms with Crippen molar-refractivity contribution in [2.24, 2.45) is 4.99 Å². The number of H-pyrrole nitrogens is 1. The SMILES string of the molecule is CC1=NC(c2ccc(F)cc2)(c2ccc(F)cc2)C(=O)N1CCCN1CCC(c2nc3ccccc3[nH]2)CC1. The number of carbonyl (C=O) groups is 1. The van der Waals surface area contributed by atoms with Crippen LogP contribution in [0.1, 0.15) is 49.1 Å². The lowest BCUT2D eigenvalue weighted by molar-refractivity contribution is -0.130. The van der Waals surface area contributed by atoms with Crippen molar-refractivity contribution in [1.29, 1.82) is 0 Å². The van der Waals surface area contributed by atoms with Crippen LogP contribution in [-0.4, -0.2) is 57.7 Å². The van der Waals surface area contributed by atoms with Gasteiger partial charge in [0.05, 0.1) is 11.0 Å². The third-order valence-corrected chi connectivity index (χ3v) is 8.04. The van der Waals surface area contributed by atoms with E-state index in [0.29, 0.717) is 29.4 Å². The average molecular weight is 528 g/mol. The number of amides is 1. The van der Waals surface area contributed by atoms with Gasteiger partial charge in [0.25, 0.3) is 5.91 Å². The predicted octanol–water partition coefficient (Wildman–Crippen LogP) is 5.62. The molecule has 0 bridgehead atoms. The zero-order valence-corrected chi connectivity index (χ0v) is 21.9. The van der Waals surface area contributed by atoms with E-state index in [2.05, 4.69) is 16.0 Å². The minimum atomic E-state index is -1.35. The molecule has 1 amide bonds. The smallest absolute Gasteiger partial charge is 0.265 e. The van der Waals surface area contributed by atoms with Crippen LogP contribution in [0, 0.1) is 11.6 Å². The van der Waals surface area contributed by atoms with E-state index in [1.54, 1.807) is 29.2 Å². The number of imidazole rings is 1. The van der Waals surface area contributed by atoms with E-state index in [1.807, 2.05) is 25.1 Å². The van der Waals surface area contributed by atoms with Crippen LogP contribution in [0.5, 0.6) is 0 Å². The highest BCUT2D eigenvalue weighted by Crippen LogP contribution is 2.40. The molecule has 6 nitrogen and oxygen atoms in total. The molecular formula is C31H31F2N5O. The summed E-state index contributed by atoms with van der Waals surface area (Å²) in [5, 5.41) is 0. The van der Waals surface area contributed by atoms with Gasteiger partial charge in [-0.15, -0.1) is 0 Å². The zero-order chi connectivity index (χ0) is 27.0. The van der Waals surface area contributed by atoms with E-state index in [9.17, 15) is 13.6 Å². The van der Waals surface area contributed by atoms with Gasteiger partial charge in [-0.05, 0) is 93.3 Å². The van der Waals surface area contributed by atoms with Crippen molar-refractivity contribution in [3.63, 3.8) is 0 Å². The number of carbonyl (C=O) groups excluding carboxylic acids is 1. The zero-order valence-electron chi connectivity index (χ0n) is 21.9. The van der Waals surface area contributed by atoms with Crippen molar-refractivity contribution < 1.29 is 13.6 Å². The number of nitrogens with one attached hydrogen (secondary N) is 1. The maximum absolute atomic E-state index is 14.0. The largest absolute Gasteiger partial charge is 0.342 e. The number of hydrogen-bond acceptors (Lipinski definition) is 4. The third-order valence-electron chi connectivity index (χ3n) is 8.04. The molecule has 3 aromatic carbocycles. The molecule has 1 N–H and O–H groups in total. The van der Waals surface area contributed by atoms with Gasteiger partial charge in [-0.25, -0.2) is 18.8 Å². The first-order chi connectivity index (χ1) is 18.9. The predicted molar refractivity (Wildman–Crippen MR) is 148 cm³/mol. The first-order valence-corrected chi connectivity index (χ1v) is 13.5. The van der Waals surface area contributed by atoms with E-state index >= 15 is 0 Å². The topological polar surface area (TPSA) is 64.6 Å². The number of rotatable bonds is 7. The molecular weight excluding hydrogens is 496 g/mol. The summed E-state index contributed by atoms with van der Waals surface area (Å²) in [6, 6.07) is 19.8. The summed E-state index contributed by atoms with van der Waals surface area (Å²) in [5.41, 5.74) is 1.88. The van der Waals surface area contributed by atoms with Gasteiger partial charge in [-0.3, -0.25) is 9.69 Å². The van der Waals surface area contributed by atoms with Crippen LogP contribution in [0.2, 0.25) is 0 Å². The monoisotopic (exact) mass is 527 g/mol. The van der Waals surface area contributed by atoms with Gasteiger partial charge < -0.3 is 9.88 Å². The summed E-state index contributed by atoms with van der Waals surface area (Å²) >= 11 is 0. The number of aromatic amines is 1. The number of piperidine rings is 1. The van der Waals surface area contributed by atoms with Crippen LogP contribution in [0.25, 0.3) is 11.0 Å². The molecule has 1 fully saturated rings. The Morgan fingerprint density at radius 2 is 1.51 bits per heavy atom. The molecule has 0 saturated carbocycles. The fourth-order valence-electron chi connectivity index (χ4n) is 5.93. The molecule has 1 saturated heterocycles. The number of benzene rings is 3. The molecule has 1 aromatic heterocycles. The highest BCUT2D eigenvalue weighted by atomic mass is 19.1. The summed E-state index contributed by atoms with van der Waals surface area (Å²) in [4.78, 5) is 31.2. The lowest BCUT2D eigenvalue weighted by Gasteiger charge is -2.32. The first kappa shape index (κ1) is 25.4. The van der Waals surface area contributed by atoms with Crippen LogP contribution in [0.15, 0.2) is 77.8 Å². The summed E-state index contributed by atoms with van der Waals surface area (Å²) in [7, 11) is 0. The van der Waals surface area contributed by atoms with Gasteiger partial charge in [0.15, 0.2) is 5.54 Å². The Labute approximate surface area is 226 Å². The number of halogens is 2. The number of aliphatic imine (C=N–C) groups is 1. The van der Waals surface area contributed by atoms with Gasteiger partial charge >= 0.3 is 0 Å². The van der Waals surface area contributed by atoms with Crippen molar-refractivity contribution in [2.45, 2.75) is 37.6 Å². The molecule has 3 heterocycles. The Balaban J connectivity index is 1.11. The van der Waals surface area contributed by atoms with Crippen LogP contribution in [-0.2, 0) is 10.3 Å². The van der Waals surface area contributed by atoms with Crippen LogP contribution < -0.4 is 0 Å². The molecule has 0 radical (unpaired) electrons. The van der Waals surface area contributed by atoms with Gasteiger partial charge in [0.1, 0.15) is 23.3 Å². The second-order valence-corrected chi connectivity index (χ2v) is 10.4. The maximum Gasteiger partial charge on any atom is 0.265 e.